The SMILES string of the molecule is CC(=O)c1cccc(NC(=O)CCC(=O)OCC(=O)Nc2cc(C)c(Br)c(C)c2)c1. The van der Waals surface area contributed by atoms with Crippen LogP contribution >= 0.6 is 15.9 Å². The van der Waals surface area contributed by atoms with E-state index in [2.05, 4.69) is 26.6 Å². The number of nitrogens with one attached hydrogen (secondary N) is 2. The Balaban J connectivity index is 1.75. The number of esters is 1. The van der Waals surface area contributed by atoms with Crippen LogP contribution in [0.1, 0.15) is 41.3 Å². The first-order valence-corrected chi connectivity index (χ1v) is 10.1. The summed E-state index contributed by atoms with van der Waals surface area (Å²) in [5.74, 6) is -1.62. The summed E-state index contributed by atoms with van der Waals surface area (Å²) in [7, 11) is 0. The number of carbonyl (C=O) groups excluding carboxylic acids is 4. The van der Waals surface area contributed by atoms with Gasteiger partial charge in [-0.25, -0.2) is 0 Å². The fraction of sp³-hybridized carbons (Fsp3) is 0.273. The lowest BCUT2D eigenvalue weighted by Crippen LogP contribution is -2.22. The van der Waals surface area contributed by atoms with Gasteiger partial charge in [-0.15, -0.1) is 0 Å². The third-order valence-electron chi connectivity index (χ3n) is 4.19. The number of hydrogen-bond acceptors (Lipinski definition) is 5. The molecule has 2 N–H and O–H groups in total. The number of ketones is 1. The van der Waals surface area contributed by atoms with E-state index in [9.17, 15) is 19.2 Å². The summed E-state index contributed by atoms with van der Waals surface area (Å²) < 4.78 is 5.90. The molecule has 0 unspecified atom stereocenters. The van der Waals surface area contributed by atoms with E-state index >= 15 is 0 Å². The van der Waals surface area contributed by atoms with Gasteiger partial charge in [0.2, 0.25) is 5.91 Å². The molecule has 0 aliphatic carbocycles. The zero-order chi connectivity index (χ0) is 22.3. The Morgan fingerprint density at radius 3 is 2.17 bits per heavy atom. The highest BCUT2D eigenvalue weighted by Crippen LogP contribution is 2.24. The predicted octanol–water partition coefficient (Wildman–Crippen LogP) is 4.17. The average Bonchev–Trinajstić information content (AvgIpc) is 2.69. The van der Waals surface area contributed by atoms with E-state index in [-0.39, 0.29) is 18.6 Å². The lowest BCUT2D eigenvalue weighted by molar-refractivity contribution is -0.147. The molecule has 2 aromatic carbocycles. The van der Waals surface area contributed by atoms with Crippen molar-refractivity contribution >= 4 is 50.9 Å². The minimum atomic E-state index is -0.652. The smallest absolute Gasteiger partial charge is 0.306 e. The molecule has 158 valence electrons. The van der Waals surface area contributed by atoms with Gasteiger partial charge in [0, 0.05) is 27.8 Å². The number of benzene rings is 2. The molecule has 8 heteroatoms. The van der Waals surface area contributed by atoms with Crippen LogP contribution in [0.15, 0.2) is 40.9 Å². The van der Waals surface area contributed by atoms with Crippen molar-refractivity contribution in [1.29, 1.82) is 0 Å². The van der Waals surface area contributed by atoms with Crippen molar-refractivity contribution in [2.45, 2.75) is 33.6 Å². The summed E-state index contributed by atoms with van der Waals surface area (Å²) in [6, 6.07) is 10.1. The Kier molecular flexibility index (Phi) is 8.29. The second-order valence-electron chi connectivity index (χ2n) is 6.82. The average molecular weight is 475 g/mol. The van der Waals surface area contributed by atoms with E-state index in [1.165, 1.54) is 6.92 Å². The van der Waals surface area contributed by atoms with E-state index < -0.39 is 24.4 Å². The number of ether oxygens (including phenoxy) is 1. The van der Waals surface area contributed by atoms with Gasteiger partial charge in [0.1, 0.15) is 0 Å². The Morgan fingerprint density at radius 1 is 0.900 bits per heavy atom. The van der Waals surface area contributed by atoms with Crippen LogP contribution in [0.2, 0.25) is 0 Å². The molecular weight excluding hydrogens is 452 g/mol. The summed E-state index contributed by atoms with van der Waals surface area (Å²) in [6.45, 7) is 4.82. The Hall–Kier alpha value is -3.00. The van der Waals surface area contributed by atoms with Gasteiger partial charge in [0.15, 0.2) is 12.4 Å². The fourth-order valence-corrected chi connectivity index (χ4v) is 2.92. The number of hydrogen-bond donors (Lipinski definition) is 2. The monoisotopic (exact) mass is 474 g/mol. The van der Waals surface area contributed by atoms with Crippen molar-refractivity contribution < 1.29 is 23.9 Å². The van der Waals surface area contributed by atoms with Crippen LogP contribution in [0.3, 0.4) is 0 Å². The maximum atomic E-state index is 12.0. The van der Waals surface area contributed by atoms with E-state index in [0.717, 1.165) is 15.6 Å². The number of halogens is 1. The van der Waals surface area contributed by atoms with Crippen molar-refractivity contribution in [2.24, 2.45) is 0 Å². The summed E-state index contributed by atoms with van der Waals surface area (Å²) in [5, 5.41) is 5.30. The maximum Gasteiger partial charge on any atom is 0.306 e. The second-order valence-corrected chi connectivity index (χ2v) is 7.61. The molecule has 2 aromatic rings. The van der Waals surface area contributed by atoms with Gasteiger partial charge in [-0.05, 0) is 56.2 Å². The van der Waals surface area contributed by atoms with Gasteiger partial charge < -0.3 is 15.4 Å². The van der Waals surface area contributed by atoms with Crippen LogP contribution in [0.25, 0.3) is 0 Å². The summed E-state index contributed by atoms with van der Waals surface area (Å²) >= 11 is 3.46. The number of Topliss-reactive ketones (excluding diaryl/α,β-unsaturated/α-hetero) is 1. The molecule has 7 nitrogen and oxygen atoms in total. The van der Waals surface area contributed by atoms with Crippen LogP contribution in [-0.4, -0.2) is 30.2 Å². The molecule has 2 rings (SSSR count). The molecule has 0 aliphatic rings. The molecule has 2 amide bonds. The summed E-state index contributed by atoms with van der Waals surface area (Å²) in [5.41, 5.74) is 3.51. The van der Waals surface area contributed by atoms with Gasteiger partial charge in [-0.2, -0.15) is 0 Å². The Labute approximate surface area is 183 Å². The van der Waals surface area contributed by atoms with Crippen molar-refractivity contribution in [1.82, 2.24) is 0 Å². The molecule has 0 radical (unpaired) electrons. The van der Waals surface area contributed by atoms with E-state index in [1.807, 2.05) is 26.0 Å². The van der Waals surface area contributed by atoms with Crippen molar-refractivity contribution in [3.05, 3.63) is 57.6 Å². The van der Waals surface area contributed by atoms with Gasteiger partial charge >= 0.3 is 5.97 Å². The summed E-state index contributed by atoms with van der Waals surface area (Å²) in [4.78, 5) is 47.2. The van der Waals surface area contributed by atoms with Gasteiger partial charge in [0.25, 0.3) is 5.91 Å². The van der Waals surface area contributed by atoms with Crippen molar-refractivity contribution in [3.8, 4) is 0 Å². The van der Waals surface area contributed by atoms with Crippen LogP contribution < -0.4 is 10.6 Å². The molecule has 0 saturated carbocycles. The number of aryl methyl sites for hydroxylation is 2. The highest BCUT2D eigenvalue weighted by Gasteiger charge is 2.12. The number of anilines is 2. The molecule has 0 heterocycles. The first-order valence-electron chi connectivity index (χ1n) is 9.29. The third kappa shape index (κ3) is 7.11. The van der Waals surface area contributed by atoms with E-state index in [1.54, 1.807) is 24.3 Å². The largest absolute Gasteiger partial charge is 0.456 e. The molecule has 30 heavy (non-hydrogen) atoms. The normalized spacial score (nSPS) is 10.3. The summed E-state index contributed by atoms with van der Waals surface area (Å²) in [6.07, 6.45) is -0.266. The lowest BCUT2D eigenvalue weighted by Gasteiger charge is -2.10. The number of carbonyl (C=O) groups is 4. The van der Waals surface area contributed by atoms with Crippen LogP contribution in [0.5, 0.6) is 0 Å². The van der Waals surface area contributed by atoms with Gasteiger partial charge in [-0.1, -0.05) is 28.1 Å². The van der Waals surface area contributed by atoms with Crippen LogP contribution in [0.4, 0.5) is 11.4 Å². The lowest BCUT2D eigenvalue weighted by atomic mass is 10.1. The first kappa shape index (κ1) is 23.3. The minimum Gasteiger partial charge on any atom is -0.456 e. The molecule has 0 fully saturated rings. The Bertz CT molecular complexity index is 964. The zero-order valence-corrected chi connectivity index (χ0v) is 18.6. The number of rotatable bonds is 8. The third-order valence-corrected chi connectivity index (χ3v) is 5.44. The molecule has 0 atom stereocenters. The highest BCUT2D eigenvalue weighted by molar-refractivity contribution is 9.10. The first-order chi connectivity index (χ1) is 14.2. The zero-order valence-electron chi connectivity index (χ0n) is 17.0. The molecule has 0 aliphatic heterocycles. The molecule has 0 bridgehead atoms. The van der Waals surface area contributed by atoms with Crippen LogP contribution in [0, 0.1) is 13.8 Å². The molecule has 0 saturated heterocycles. The second kappa shape index (κ2) is 10.7. The minimum absolute atomic E-state index is 0.101. The van der Waals surface area contributed by atoms with Crippen molar-refractivity contribution in [2.75, 3.05) is 17.2 Å². The maximum absolute atomic E-state index is 12.0. The predicted molar refractivity (Wildman–Crippen MR) is 118 cm³/mol. The molecule has 0 aromatic heterocycles. The topological polar surface area (TPSA) is 102 Å². The standard InChI is InChI=1S/C22H23BrN2O5/c1-13-9-18(10-14(2)22(13)23)25-20(28)12-30-21(29)8-7-19(27)24-17-6-4-5-16(11-17)15(3)26/h4-6,9-11H,7-8,12H2,1-3H3,(H,24,27)(H,25,28). The van der Waals surface area contributed by atoms with E-state index in [4.69, 9.17) is 4.74 Å². The molecular formula is C22H23BrN2O5. The van der Waals surface area contributed by atoms with Crippen molar-refractivity contribution in [3.63, 3.8) is 0 Å². The van der Waals surface area contributed by atoms with Crippen LogP contribution in [-0.2, 0) is 19.1 Å². The quantitative estimate of drug-likeness (QED) is 0.441. The Morgan fingerprint density at radius 2 is 1.53 bits per heavy atom. The van der Waals surface area contributed by atoms with Gasteiger partial charge in [-0.3, -0.25) is 19.2 Å². The molecule has 0 spiro atoms. The fourth-order valence-electron chi connectivity index (χ4n) is 2.69. The van der Waals surface area contributed by atoms with Gasteiger partial charge in [0.05, 0.1) is 6.42 Å². The van der Waals surface area contributed by atoms with E-state index in [0.29, 0.717) is 16.9 Å². The number of amides is 2. The highest BCUT2D eigenvalue weighted by atomic mass is 79.9.